The smallest absolute Gasteiger partial charge is 0.226 e. The molecule has 0 aromatic rings. The van der Waals surface area contributed by atoms with Crippen molar-refractivity contribution in [1.29, 1.82) is 0 Å². The van der Waals surface area contributed by atoms with Gasteiger partial charge in [0.15, 0.2) is 0 Å². The van der Waals surface area contributed by atoms with Crippen LogP contribution in [-0.4, -0.2) is 60.9 Å². The van der Waals surface area contributed by atoms with Crippen LogP contribution in [0.5, 0.6) is 0 Å². The van der Waals surface area contributed by atoms with E-state index < -0.39 is 0 Å². The maximum absolute atomic E-state index is 12.7. The Kier molecular flexibility index (Phi) is 4.80. The minimum absolute atomic E-state index is 0.101. The molecule has 2 fully saturated rings. The summed E-state index contributed by atoms with van der Waals surface area (Å²) in [5.41, 5.74) is 0. The maximum atomic E-state index is 12.7. The maximum Gasteiger partial charge on any atom is 0.226 e. The van der Waals surface area contributed by atoms with E-state index in [1.54, 1.807) is 4.90 Å². The molecule has 2 heterocycles. The third-order valence-electron chi connectivity index (χ3n) is 4.23. The van der Waals surface area contributed by atoms with Gasteiger partial charge in [0.05, 0.1) is 0 Å². The van der Waals surface area contributed by atoms with Gasteiger partial charge in [0.1, 0.15) is 0 Å². The van der Waals surface area contributed by atoms with Crippen LogP contribution >= 0.6 is 0 Å². The van der Waals surface area contributed by atoms with Gasteiger partial charge in [-0.2, -0.15) is 0 Å². The molecule has 2 atom stereocenters. The topological polar surface area (TPSA) is 52.7 Å². The van der Waals surface area contributed by atoms with Crippen LogP contribution in [0, 0.1) is 5.92 Å². The molecule has 2 unspecified atom stereocenters. The number of hydrogen-bond donors (Lipinski definition) is 1. The molecule has 0 aliphatic carbocycles. The van der Waals surface area contributed by atoms with Crippen molar-refractivity contribution in [2.75, 3.05) is 33.2 Å². The summed E-state index contributed by atoms with van der Waals surface area (Å²) in [4.78, 5) is 28.2. The van der Waals surface area contributed by atoms with Crippen LogP contribution in [0.15, 0.2) is 0 Å². The van der Waals surface area contributed by atoms with Crippen molar-refractivity contribution in [3.8, 4) is 0 Å². The summed E-state index contributed by atoms with van der Waals surface area (Å²) in [6.45, 7) is 5.50. The van der Waals surface area contributed by atoms with Crippen molar-refractivity contribution in [2.24, 2.45) is 5.92 Å². The Labute approximate surface area is 115 Å². The van der Waals surface area contributed by atoms with Gasteiger partial charge in [0, 0.05) is 45.1 Å². The van der Waals surface area contributed by atoms with Crippen molar-refractivity contribution >= 4 is 11.8 Å². The van der Waals surface area contributed by atoms with E-state index in [1.807, 2.05) is 11.9 Å². The number of amides is 2. The second-order valence-electron chi connectivity index (χ2n) is 5.68. The van der Waals surface area contributed by atoms with Gasteiger partial charge in [0.25, 0.3) is 0 Å². The van der Waals surface area contributed by atoms with Crippen LogP contribution in [0.1, 0.15) is 32.6 Å². The largest absolute Gasteiger partial charge is 0.346 e. The summed E-state index contributed by atoms with van der Waals surface area (Å²) >= 11 is 0. The average Bonchev–Trinajstić information content (AvgIpc) is 2.92. The van der Waals surface area contributed by atoms with Crippen molar-refractivity contribution in [3.05, 3.63) is 0 Å². The lowest BCUT2D eigenvalue weighted by Crippen LogP contribution is -2.48. The molecular weight excluding hydrogens is 242 g/mol. The minimum Gasteiger partial charge on any atom is -0.346 e. The fourth-order valence-corrected chi connectivity index (χ4v) is 3.01. The molecule has 0 bridgehead atoms. The lowest BCUT2D eigenvalue weighted by atomic mass is 9.94. The zero-order valence-electron chi connectivity index (χ0n) is 12.0. The molecule has 0 aromatic heterocycles. The van der Waals surface area contributed by atoms with E-state index in [9.17, 15) is 9.59 Å². The van der Waals surface area contributed by atoms with E-state index in [1.165, 1.54) is 0 Å². The predicted molar refractivity (Wildman–Crippen MR) is 73.6 cm³/mol. The first-order valence-corrected chi connectivity index (χ1v) is 7.38. The Morgan fingerprint density at radius 3 is 2.84 bits per heavy atom. The van der Waals surface area contributed by atoms with Crippen LogP contribution < -0.4 is 5.32 Å². The highest BCUT2D eigenvalue weighted by atomic mass is 16.2. The summed E-state index contributed by atoms with van der Waals surface area (Å²) in [6.07, 6.45) is 3.20. The third kappa shape index (κ3) is 3.26. The summed E-state index contributed by atoms with van der Waals surface area (Å²) in [7, 11) is 1.81. The number of hydrogen-bond acceptors (Lipinski definition) is 3. The molecule has 0 aromatic carbocycles. The van der Waals surface area contributed by atoms with Gasteiger partial charge in [-0.3, -0.25) is 9.59 Å². The summed E-state index contributed by atoms with van der Waals surface area (Å²) in [5, 5.41) is 3.32. The number of nitrogens with one attached hydrogen (secondary N) is 1. The molecule has 5 nitrogen and oxygen atoms in total. The zero-order chi connectivity index (χ0) is 13.8. The minimum atomic E-state index is -0.101. The second kappa shape index (κ2) is 6.37. The van der Waals surface area contributed by atoms with E-state index in [0.29, 0.717) is 19.0 Å². The Balaban J connectivity index is 2.00. The molecule has 0 spiro atoms. The lowest BCUT2D eigenvalue weighted by Gasteiger charge is -2.35. The van der Waals surface area contributed by atoms with E-state index in [-0.39, 0.29) is 17.7 Å². The van der Waals surface area contributed by atoms with Crippen LogP contribution in [0.3, 0.4) is 0 Å². The van der Waals surface area contributed by atoms with Gasteiger partial charge >= 0.3 is 0 Å². The highest BCUT2D eigenvalue weighted by molar-refractivity contribution is 5.87. The number of nitrogens with zero attached hydrogens (tertiary/aromatic N) is 2. The standard InChI is InChI=1S/C14H25N3O2/c1-3-7-17(12-4-6-15-10-12)14(19)11-5-8-16(2)13(18)9-11/h11-12,15H,3-10H2,1-2H3. The second-order valence-corrected chi connectivity index (χ2v) is 5.68. The van der Waals surface area contributed by atoms with E-state index in [4.69, 9.17) is 0 Å². The Morgan fingerprint density at radius 2 is 2.26 bits per heavy atom. The molecule has 108 valence electrons. The quantitative estimate of drug-likeness (QED) is 0.805. The summed E-state index contributed by atoms with van der Waals surface area (Å²) in [5.74, 6) is 0.193. The number of likely N-dealkylation sites (tertiary alicyclic amines) is 1. The average molecular weight is 267 g/mol. The van der Waals surface area contributed by atoms with Gasteiger partial charge in [-0.1, -0.05) is 6.92 Å². The molecular formula is C14H25N3O2. The third-order valence-corrected chi connectivity index (χ3v) is 4.23. The number of carbonyl (C=O) groups is 2. The highest BCUT2D eigenvalue weighted by Gasteiger charge is 2.34. The molecule has 5 heteroatoms. The molecule has 2 rings (SSSR count). The normalized spacial score (nSPS) is 27.7. The van der Waals surface area contributed by atoms with Crippen LogP contribution in [0.25, 0.3) is 0 Å². The van der Waals surface area contributed by atoms with E-state index in [0.717, 1.165) is 38.9 Å². The molecule has 1 N–H and O–H groups in total. The van der Waals surface area contributed by atoms with Crippen LogP contribution in [0.4, 0.5) is 0 Å². The van der Waals surface area contributed by atoms with Gasteiger partial charge < -0.3 is 15.1 Å². The predicted octanol–water partition coefficient (Wildman–Crippen LogP) is 0.455. The highest BCUT2D eigenvalue weighted by Crippen LogP contribution is 2.22. The molecule has 2 aliphatic heterocycles. The van der Waals surface area contributed by atoms with Gasteiger partial charge in [-0.15, -0.1) is 0 Å². The summed E-state index contributed by atoms with van der Waals surface area (Å²) < 4.78 is 0. The number of rotatable bonds is 4. The van der Waals surface area contributed by atoms with Crippen molar-refractivity contribution in [1.82, 2.24) is 15.1 Å². The first-order valence-electron chi connectivity index (χ1n) is 7.38. The fraction of sp³-hybridized carbons (Fsp3) is 0.857. The van der Waals surface area contributed by atoms with E-state index in [2.05, 4.69) is 12.2 Å². The number of carbonyl (C=O) groups excluding carboxylic acids is 2. The first kappa shape index (κ1) is 14.3. The lowest BCUT2D eigenvalue weighted by molar-refractivity contribution is -0.145. The van der Waals surface area contributed by atoms with Crippen LogP contribution in [0.2, 0.25) is 0 Å². The molecule has 19 heavy (non-hydrogen) atoms. The van der Waals surface area contributed by atoms with Crippen molar-refractivity contribution < 1.29 is 9.59 Å². The first-order chi connectivity index (χ1) is 9.13. The molecule has 0 radical (unpaired) electrons. The molecule has 2 saturated heterocycles. The van der Waals surface area contributed by atoms with Crippen molar-refractivity contribution in [3.63, 3.8) is 0 Å². The Morgan fingerprint density at radius 1 is 1.47 bits per heavy atom. The van der Waals surface area contributed by atoms with Gasteiger partial charge in [-0.25, -0.2) is 0 Å². The monoisotopic (exact) mass is 267 g/mol. The van der Waals surface area contributed by atoms with Gasteiger partial charge in [-0.05, 0) is 25.8 Å². The molecule has 0 saturated carbocycles. The van der Waals surface area contributed by atoms with Crippen molar-refractivity contribution in [2.45, 2.75) is 38.6 Å². The zero-order valence-corrected chi connectivity index (χ0v) is 12.0. The Hall–Kier alpha value is -1.10. The molecule has 2 amide bonds. The van der Waals surface area contributed by atoms with Gasteiger partial charge in [0.2, 0.25) is 11.8 Å². The molecule has 2 aliphatic rings. The fourth-order valence-electron chi connectivity index (χ4n) is 3.01. The summed E-state index contributed by atoms with van der Waals surface area (Å²) in [6, 6.07) is 0.321. The van der Waals surface area contributed by atoms with E-state index >= 15 is 0 Å². The van der Waals surface area contributed by atoms with Crippen LogP contribution in [-0.2, 0) is 9.59 Å². The Bertz CT molecular complexity index is 340. The SMILES string of the molecule is CCCN(C(=O)C1CCN(C)C(=O)C1)C1CCNC1. The number of piperidine rings is 1.